The number of carbonyl (C=O) groups is 1. The van der Waals surface area contributed by atoms with E-state index in [0.717, 1.165) is 0 Å². The Hall–Kier alpha value is 0.650. The molecule has 1 atom stereocenters. The molecule has 0 aliphatic rings. The molecule has 0 heterocycles. The van der Waals surface area contributed by atoms with E-state index in [9.17, 15) is 4.79 Å². The van der Waals surface area contributed by atoms with Crippen LogP contribution in [-0.2, 0) is 4.79 Å². The van der Waals surface area contributed by atoms with E-state index in [4.69, 9.17) is 10.2 Å². The van der Waals surface area contributed by atoms with E-state index < -0.39 is 12.1 Å². The Kier molecular flexibility index (Phi) is 15.2. The SMILES string of the molecule is CC(O)C(=O)O.O.[Ca]. The zero-order valence-electron chi connectivity index (χ0n) is 4.59. The van der Waals surface area contributed by atoms with E-state index in [0.29, 0.717) is 0 Å². The van der Waals surface area contributed by atoms with E-state index in [1.165, 1.54) is 6.92 Å². The third-order valence-corrected chi connectivity index (χ3v) is 0.357. The second-order valence-electron chi connectivity index (χ2n) is 1.01. The van der Waals surface area contributed by atoms with E-state index in [2.05, 4.69) is 0 Å². The zero-order chi connectivity index (χ0) is 5.15. The molecule has 0 aromatic heterocycles. The third kappa shape index (κ3) is 9.82. The van der Waals surface area contributed by atoms with Crippen molar-refractivity contribution in [1.82, 2.24) is 0 Å². The number of aliphatic hydroxyl groups excluding tert-OH is 1. The summed E-state index contributed by atoms with van der Waals surface area (Å²) in [4.78, 5) is 9.45. The Labute approximate surface area is 76.8 Å². The van der Waals surface area contributed by atoms with E-state index in [1.54, 1.807) is 0 Å². The molecule has 46 valence electrons. The van der Waals surface area contributed by atoms with Crippen LogP contribution in [0, 0.1) is 0 Å². The van der Waals surface area contributed by atoms with Gasteiger partial charge in [0.25, 0.3) is 0 Å². The first kappa shape index (κ1) is 15.9. The molecule has 0 aromatic carbocycles. The van der Waals surface area contributed by atoms with E-state index in [-0.39, 0.29) is 43.2 Å². The average Bonchev–Trinajstić information content (AvgIpc) is 1.36. The first-order chi connectivity index (χ1) is 2.64. The summed E-state index contributed by atoms with van der Waals surface area (Å²) in [6.07, 6.45) is -1.23. The van der Waals surface area contributed by atoms with Gasteiger partial charge in [-0.2, -0.15) is 0 Å². The smallest absolute Gasteiger partial charge is 0.332 e. The molecule has 0 aromatic rings. The standard InChI is InChI=1S/C3H6O3.Ca.H2O/c1-2(4)3(5)6;;/h2,4H,1H3,(H,5,6);;1H2. The van der Waals surface area contributed by atoms with Crippen molar-refractivity contribution in [3.05, 3.63) is 0 Å². The summed E-state index contributed by atoms with van der Waals surface area (Å²) in [6.45, 7) is 1.20. The Morgan fingerprint density at radius 2 is 1.75 bits per heavy atom. The van der Waals surface area contributed by atoms with Crippen LogP contribution in [0.2, 0.25) is 0 Å². The second kappa shape index (κ2) is 7.65. The Bertz CT molecular complexity index is 62.3. The maximum Gasteiger partial charge on any atom is 0.332 e. The third-order valence-electron chi connectivity index (χ3n) is 0.357. The van der Waals surface area contributed by atoms with Gasteiger partial charge in [-0.25, -0.2) is 4.79 Å². The fraction of sp³-hybridized carbons (Fsp3) is 0.667. The predicted octanol–water partition coefficient (Wildman–Crippen LogP) is -1.75. The first-order valence-electron chi connectivity index (χ1n) is 1.55. The Morgan fingerprint density at radius 1 is 1.62 bits per heavy atom. The molecule has 0 amide bonds. The predicted molar refractivity (Wildman–Crippen MR) is 28.7 cm³/mol. The molecule has 4 nitrogen and oxygen atoms in total. The number of carboxylic acids is 1. The van der Waals surface area contributed by atoms with Gasteiger partial charge < -0.3 is 15.7 Å². The minimum Gasteiger partial charge on any atom is -0.479 e. The van der Waals surface area contributed by atoms with Crippen LogP contribution in [0.25, 0.3) is 0 Å². The molecule has 2 radical (unpaired) electrons. The van der Waals surface area contributed by atoms with Gasteiger partial charge in [0.15, 0.2) is 0 Å². The maximum atomic E-state index is 9.45. The quantitative estimate of drug-likeness (QED) is 0.432. The summed E-state index contributed by atoms with van der Waals surface area (Å²) >= 11 is 0. The van der Waals surface area contributed by atoms with Crippen molar-refractivity contribution in [3.8, 4) is 0 Å². The second-order valence-corrected chi connectivity index (χ2v) is 1.01. The Morgan fingerprint density at radius 3 is 1.75 bits per heavy atom. The fourth-order valence-electron chi connectivity index (χ4n) is 0. The van der Waals surface area contributed by atoms with Crippen LogP contribution in [0.4, 0.5) is 0 Å². The van der Waals surface area contributed by atoms with Crippen molar-refractivity contribution in [1.29, 1.82) is 0 Å². The van der Waals surface area contributed by atoms with Crippen molar-refractivity contribution in [2.75, 3.05) is 0 Å². The van der Waals surface area contributed by atoms with Gasteiger partial charge in [-0.05, 0) is 6.92 Å². The number of carboxylic acid groups (broad SMARTS) is 1. The summed E-state index contributed by atoms with van der Waals surface area (Å²) in [5, 5.41) is 15.8. The minimum atomic E-state index is -1.23. The largest absolute Gasteiger partial charge is 0.479 e. The molecular formula is C3H8CaO4. The summed E-state index contributed by atoms with van der Waals surface area (Å²) in [6, 6.07) is 0. The van der Waals surface area contributed by atoms with Crippen LogP contribution in [0.1, 0.15) is 6.92 Å². The molecule has 0 aliphatic carbocycles. The first-order valence-corrected chi connectivity index (χ1v) is 1.55. The van der Waals surface area contributed by atoms with Crippen molar-refractivity contribution in [2.45, 2.75) is 13.0 Å². The monoisotopic (exact) mass is 148 g/mol. The normalized spacial score (nSPS) is 10.2. The van der Waals surface area contributed by atoms with Gasteiger partial charge in [0.05, 0.1) is 0 Å². The number of hydrogen-bond acceptors (Lipinski definition) is 2. The van der Waals surface area contributed by atoms with Gasteiger partial charge in [0.2, 0.25) is 0 Å². The molecule has 0 fully saturated rings. The molecule has 4 N–H and O–H groups in total. The van der Waals surface area contributed by atoms with Crippen LogP contribution in [0.3, 0.4) is 0 Å². The number of hydrogen-bond donors (Lipinski definition) is 2. The molecule has 0 saturated heterocycles. The van der Waals surface area contributed by atoms with Crippen LogP contribution >= 0.6 is 0 Å². The number of aliphatic hydroxyl groups is 1. The molecule has 0 saturated carbocycles. The average molecular weight is 148 g/mol. The maximum absolute atomic E-state index is 9.45. The van der Waals surface area contributed by atoms with E-state index >= 15 is 0 Å². The van der Waals surface area contributed by atoms with Crippen molar-refractivity contribution in [2.24, 2.45) is 0 Å². The summed E-state index contributed by atoms with van der Waals surface area (Å²) in [5.41, 5.74) is 0. The number of rotatable bonds is 1. The molecule has 8 heavy (non-hydrogen) atoms. The molecule has 0 bridgehead atoms. The van der Waals surface area contributed by atoms with Crippen molar-refractivity contribution < 1.29 is 20.5 Å². The fourth-order valence-corrected chi connectivity index (χ4v) is 0. The summed E-state index contributed by atoms with van der Waals surface area (Å²) in [7, 11) is 0. The van der Waals surface area contributed by atoms with Crippen molar-refractivity contribution >= 4 is 43.7 Å². The van der Waals surface area contributed by atoms with Gasteiger partial charge in [-0.1, -0.05) is 0 Å². The zero-order valence-corrected chi connectivity index (χ0v) is 6.80. The summed E-state index contributed by atoms with van der Waals surface area (Å²) < 4.78 is 0. The van der Waals surface area contributed by atoms with Gasteiger partial charge in [0, 0.05) is 37.7 Å². The van der Waals surface area contributed by atoms with E-state index in [1.807, 2.05) is 0 Å². The molecule has 5 heteroatoms. The van der Waals surface area contributed by atoms with Gasteiger partial charge >= 0.3 is 5.97 Å². The molecule has 0 spiro atoms. The van der Waals surface area contributed by atoms with Gasteiger partial charge in [-0.15, -0.1) is 0 Å². The number of aliphatic carboxylic acids is 1. The van der Waals surface area contributed by atoms with Crippen LogP contribution in [0.15, 0.2) is 0 Å². The van der Waals surface area contributed by atoms with Crippen LogP contribution in [0.5, 0.6) is 0 Å². The van der Waals surface area contributed by atoms with Gasteiger partial charge in [-0.3, -0.25) is 0 Å². The van der Waals surface area contributed by atoms with Crippen LogP contribution in [-0.4, -0.2) is 65.5 Å². The van der Waals surface area contributed by atoms with Crippen molar-refractivity contribution in [3.63, 3.8) is 0 Å². The topological polar surface area (TPSA) is 89.0 Å². The molecule has 0 rings (SSSR count). The minimum absolute atomic E-state index is 0. The molecule has 1 unspecified atom stereocenters. The van der Waals surface area contributed by atoms with Gasteiger partial charge in [0.1, 0.15) is 6.10 Å². The molecule has 0 aliphatic heterocycles. The Balaban J connectivity index is -0.000000125. The summed E-state index contributed by atoms with van der Waals surface area (Å²) in [5.74, 6) is -1.19. The molecular weight excluding hydrogens is 140 g/mol. The van der Waals surface area contributed by atoms with Crippen LogP contribution < -0.4 is 0 Å².